The molecule has 1 atom stereocenters. The first-order chi connectivity index (χ1) is 11.7. The van der Waals surface area contributed by atoms with Gasteiger partial charge in [0.2, 0.25) is 0 Å². The lowest BCUT2D eigenvalue weighted by Crippen LogP contribution is -2.00. The second kappa shape index (κ2) is 7.41. The molecular weight excluding hydrogens is 329 g/mol. The Morgan fingerprint density at radius 2 is 2.12 bits per heavy atom. The summed E-state index contributed by atoms with van der Waals surface area (Å²) in [6.45, 7) is 2.37. The Hall–Kier alpha value is -2.45. The Bertz CT molecular complexity index is 917. The zero-order valence-corrected chi connectivity index (χ0v) is 13.8. The molecule has 122 valence electrons. The van der Waals surface area contributed by atoms with Crippen molar-refractivity contribution in [2.24, 2.45) is 0 Å². The second-order valence-corrected chi connectivity index (χ2v) is 5.83. The summed E-state index contributed by atoms with van der Waals surface area (Å²) in [7, 11) is -1.59. The van der Waals surface area contributed by atoms with Crippen molar-refractivity contribution in [1.29, 1.82) is 0 Å². The summed E-state index contributed by atoms with van der Waals surface area (Å²) in [4.78, 5) is 15.9. The highest BCUT2D eigenvalue weighted by molar-refractivity contribution is 7.42. The van der Waals surface area contributed by atoms with Gasteiger partial charge in [0, 0.05) is 12.1 Å². The van der Waals surface area contributed by atoms with E-state index < -0.39 is 8.60 Å². The lowest BCUT2D eigenvalue weighted by atomic mass is 10.2. The highest BCUT2D eigenvalue weighted by Crippen LogP contribution is 2.41. The quantitative estimate of drug-likeness (QED) is 0.387. The summed E-state index contributed by atoms with van der Waals surface area (Å²) in [5.41, 5.74) is 1.62. The molecule has 0 amide bonds. The Morgan fingerprint density at radius 3 is 2.92 bits per heavy atom. The first-order valence-corrected chi connectivity index (χ1v) is 8.31. The van der Waals surface area contributed by atoms with Gasteiger partial charge in [-0.05, 0) is 31.2 Å². The van der Waals surface area contributed by atoms with E-state index in [1.807, 2.05) is 6.92 Å². The van der Waals surface area contributed by atoms with Gasteiger partial charge in [0.15, 0.2) is 16.8 Å². The van der Waals surface area contributed by atoms with Gasteiger partial charge in [-0.25, -0.2) is 4.98 Å². The third kappa shape index (κ3) is 3.72. The molecule has 1 aromatic carbocycles. The fraction of sp³-hybridized carbons (Fsp3) is 0.176. The van der Waals surface area contributed by atoms with Crippen LogP contribution in [0, 0.1) is 12.3 Å². The van der Waals surface area contributed by atoms with Crippen LogP contribution in [0.4, 0.5) is 0 Å². The van der Waals surface area contributed by atoms with Gasteiger partial charge in [-0.2, -0.15) is 0 Å². The topological polar surface area (TPSA) is 70.8 Å². The maximum atomic E-state index is 11.4. The molecule has 0 N–H and O–H groups in total. The monoisotopic (exact) mass is 343 g/mol. The fourth-order valence-electron chi connectivity index (χ4n) is 2.01. The van der Waals surface area contributed by atoms with Crippen molar-refractivity contribution in [3.63, 3.8) is 0 Å². The normalized spacial score (nSPS) is 12.2. The third-order valence-electron chi connectivity index (χ3n) is 2.99. The van der Waals surface area contributed by atoms with Crippen molar-refractivity contribution in [1.82, 2.24) is 4.98 Å². The summed E-state index contributed by atoms with van der Waals surface area (Å²) in [5, 5.41) is 0. The lowest BCUT2D eigenvalue weighted by molar-refractivity contribution is 0.231. The largest absolute Gasteiger partial charge is 0.453 e. The standard InChI is InChI=1S/C17H14NO5P/c1-3-9-21-24(20-4-2)23-13-6-8-15-17(11-13)22-16-10-12(19)5-7-14(16)18-15/h1,5-8,10-11H,4,9H2,2H3. The van der Waals surface area contributed by atoms with Crippen molar-refractivity contribution >= 4 is 19.7 Å². The van der Waals surface area contributed by atoms with Gasteiger partial charge in [0.05, 0.1) is 6.61 Å². The van der Waals surface area contributed by atoms with Crippen molar-refractivity contribution in [3.8, 4) is 29.5 Å². The van der Waals surface area contributed by atoms with Crippen LogP contribution in [0.2, 0.25) is 0 Å². The highest BCUT2D eigenvalue weighted by Gasteiger charge is 2.15. The van der Waals surface area contributed by atoms with E-state index in [0.29, 0.717) is 34.9 Å². The van der Waals surface area contributed by atoms with Crippen LogP contribution < -0.4 is 9.95 Å². The van der Waals surface area contributed by atoms with E-state index in [9.17, 15) is 4.79 Å². The second-order valence-electron chi connectivity index (χ2n) is 4.68. The van der Waals surface area contributed by atoms with Gasteiger partial charge in [-0.3, -0.25) is 9.32 Å². The molecule has 2 aliphatic rings. The summed E-state index contributed by atoms with van der Waals surface area (Å²) >= 11 is 0. The minimum Gasteiger partial charge on any atom is -0.453 e. The number of nitrogens with zero attached hydrogens (tertiary/aromatic N) is 1. The molecule has 7 heteroatoms. The Morgan fingerprint density at radius 1 is 1.25 bits per heavy atom. The smallest absolute Gasteiger partial charge is 0.398 e. The molecule has 1 aliphatic carbocycles. The average molecular weight is 343 g/mol. The number of terminal acetylenes is 1. The minimum atomic E-state index is -1.59. The molecule has 0 saturated heterocycles. The maximum Gasteiger partial charge on any atom is 0.398 e. The molecule has 1 unspecified atom stereocenters. The Kier molecular flexibility index (Phi) is 5.07. The maximum absolute atomic E-state index is 11.4. The molecule has 1 heterocycles. The molecule has 1 aliphatic heterocycles. The molecule has 1 aromatic rings. The first-order valence-electron chi connectivity index (χ1n) is 7.21. The van der Waals surface area contributed by atoms with Crippen LogP contribution in [-0.2, 0) is 9.05 Å². The molecular formula is C17H14NO5P. The van der Waals surface area contributed by atoms with Crippen LogP contribution in [0.5, 0.6) is 5.75 Å². The van der Waals surface area contributed by atoms with Crippen LogP contribution in [0.25, 0.3) is 22.6 Å². The minimum absolute atomic E-state index is 0.0993. The lowest BCUT2D eigenvalue weighted by Gasteiger charge is -2.15. The van der Waals surface area contributed by atoms with Gasteiger partial charge in [-0.15, -0.1) is 6.42 Å². The number of hydrogen-bond donors (Lipinski definition) is 0. The van der Waals surface area contributed by atoms with Gasteiger partial charge >= 0.3 is 8.60 Å². The van der Waals surface area contributed by atoms with E-state index in [-0.39, 0.29) is 12.0 Å². The number of aromatic nitrogens is 1. The van der Waals surface area contributed by atoms with E-state index in [1.54, 1.807) is 24.3 Å². The van der Waals surface area contributed by atoms with E-state index in [2.05, 4.69) is 10.9 Å². The summed E-state index contributed by atoms with van der Waals surface area (Å²) in [6, 6.07) is 9.66. The van der Waals surface area contributed by atoms with E-state index in [0.717, 1.165) is 0 Å². The zero-order valence-electron chi connectivity index (χ0n) is 12.9. The number of fused-ring (bicyclic) bond motifs is 2. The first kappa shape index (κ1) is 16.4. The van der Waals surface area contributed by atoms with Crippen molar-refractivity contribution < 1.29 is 18.0 Å². The zero-order chi connectivity index (χ0) is 16.9. The number of rotatable bonds is 6. The predicted molar refractivity (Wildman–Crippen MR) is 90.9 cm³/mol. The third-order valence-corrected chi connectivity index (χ3v) is 4.16. The Labute approximate surface area is 139 Å². The van der Waals surface area contributed by atoms with Crippen molar-refractivity contribution in [2.45, 2.75) is 6.92 Å². The summed E-state index contributed by atoms with van der Waals surface area (Å²) in [6.07, 6.45) is 5.18. The summed E-state index contributed by atoms with van der Waals surface area (Å²) in [5.74, 6) is 3.29. The molecule has 0 bridgehead atoms. The van der Waals surface area contributed by atoms with Crippen LogP contribution >= 0.6 is 8.60 Å². The SMILES string of the molecule is C#CCOP(OCC)Oc1ccc2nc3ccc(=O)cc-3oc2c1. The molecule has 0 fully saturated rings. The van der Waals surface area contributed by atoms with Gasteiger partial charge in [0.1, 0.15) is 23.6 Å². The van der Waals surface area contributed by atoms with Crippen LogP contribution in [0.1, 0.15) is 6.92 Å². The van der Waals surface area contributed by atoms with Gasteiger partial charge < -0.3 is 13.5 Å². The average Bonchev–Trinajstić information content (AvgIpc) is 2.58. The summed E-state index contributed by atoms with van der Waals surface area (Å²) < 4.78 is 22.1. The highest BCUT2D eigenvalue weighted by atomic mass is 31.2. The van der Waals surface area contributed by atoms with Crippen molar-refractivity contribution in [2.75, 3.05) is 13.2 Å². The van der Waals surface area contributed by atoms with E-state index in [4.69, 9.17) is 24.4 Å². The van der Waals surface area contributed by atoms with Gasteiger partial charge in [-0.1, -0.05) is 5.92 Å². The molecule has 0 radical (unpaired) electrons. The fourth-order valence-corrected chi connectivity index (χ4v) is 2.87. The van der Waals surface area contributed by atoms with E-state index >= 15 is 0 Å². The molecule has 0 aromatic heterocycles. The molecule has 0 saturated carbocycles. The van der Waals surface area contributed by atoms with Crippen LogP contribution in [0.15, 0.2) is 45.6 Å². The van der Waals surface area contributed by atoms with Crippen LogP contribution in [0.3, 0.4) is 0 Å². The number of hydrogen-bond acceptors (Lipinski definition) is 6. The van der Waals surface area contributed by atoms with Crippen molar-refractivity contribution in [3.05, 3.63) is 46.6 Å². The predicted octanol–water partition coefficient (Wildman–Crippen LogP) is 3.58. The van der Waals surface area contributed by atoms with E-state index in [1.165, 1.54) is 12.1 Å². The Balaban J connectivity index is 1.92. The molecule has 3 rings (SSSR count). The number of benzene rings is 2. The molecule has 24 heavy (non-hydrogen) atoms. The molecule has 6 nitrogen and oxygen atoms in total. The van der Waals surface area contributed by atoms with Gasteiger partial charge in [0.25, 0.3) is 0 Å². The molecule has 0 spiro atoms. The van der Waals surface area contributed by atoms with Crippen LogP contribution in [-0.4, -0.2) is 18.2 Å².